The summed E-state index contributed by atoms with van der Waals surface area (Å²) in [5.41, 5.74) is 8.06. The van der Waals surface area contributed by atoms with E-state index in [1.807, 2.05) is 43.9 Å². The number of aromatic nitrogens is 2. The molecule has 204 valence electrons. The van der Waals surface area contributed by atoms with E-state index >= 15 is 0 Å². The van der Waals surface area contributed by atoms with Crippen molar-refractivity contribution in [1.82, 2.24) is 14.9 Å². The maximum absolute atomic E-state index is 12.5. The molecule has 3 aromatic rings. The number of nitrogens with zero attached hydrogens (tertiary/aromatic N) is 3. The van der Waals surface area contributed by atoms with Crippen LogP contribution in [0, 0.1) is 5.92 Å². The number of ether oxygens (including phenoxy) is 2. The van der Waals surface area contributed by atoms with Gasteiger partial charge in [-0.15, -0.1) is 0 Å². The topological polar surface area (TPSA) is 120 Å². The zero-order valence-electron chi connectivity index (χ0n) is 22.9. The second-order valence-electron chi connectivity index (χ2n) is 11.5. The minimum atomic E-state index is -0.638. The van der Waals surface area contributed by atoms with Crippen LogP contribution in [0.4, 0.5) is 11.6 Å². The summed E-state index contributed by atoms with van der Waals surface area (Å²) in [4.78, 5) is 36.1. The van der Waals surface area contributed by atoms with Crippen LogP contribution in [-0.2, 0) is 9.53 Å². The summed E-state index contributed by atoms with van der Waals surface area (Å²) in [5, 5.41) is 5.15. The van der Waals surface area contributed by atoms with Crippen LogP contribution in [0.5, 0.6) is 5.75 Å². The Kier molecular flexibility index (Phi) is 6.21. The summed E-state index contributed by atoms with van der Waals surface area (Å²) in [5.74, 6) is 2.02. The molecule has 2 aromatic heterocycles. The molecule has 1 saturated heterocycles. The molecule has 4 heterocycles. The molecule has 1 aromatic carbocycles. The Balaban J connectivity index is 1.27. The lowest BCUT2D eigenvalue weighted by Crippen LogP contribution is -2.56. The minimum absolute atomic E-state index is 0.0305. The van der Waals surface area contributed by atoms with Crippen LogP contribution in [0.2, 0.25) is 0 Å². The number of hydrogen-bond donors (Lipinski definition) is 2. The highest BCUT2D eigenvalue weighted by molar-refractivity contribution is 5.94. The maximum atomic E-state index is 12.5. The van der Waals surface area contributed by atoms with Crippen molar-refractivity contribution in [2.75, 3.05) is 18.4 Å². The number of carbonyl (C=O) groups excluding carboxylic acids is 2. The fraction of sp³-hybridized carbons (Fsp3) is 0.467. The van der Waals surface area contributed by atoms with Crippen LogP contribution in [-0.4, -0.2) is 51.5 Å². The Hall–Kier alpha value is -3.72. The van der Waals surface area contributed by atoms with E-state index in [0.717, 1.165) is 41.3 Å². The van der Waals surface area contributed by atoms with Gasteiger partial charge in [0.25, 0.3) is 0 Å². The fourth-order valence-electron chi connectivity index (χ4n) is 5.30. The van der Waals surface area contributed by atoms with Crippen molar-refractivity contribution in [2.45, 2.75) is 70.6 Å². The summed E-state index contributed by atoms with van der Waals surface area (Å²) in [6.07, 6.45) is 4.58. The lowest BCUT2D eigenvalue weighted by Gasteiger charge is -2.39. The number of esters is 1. The van der Waals surface area contributed by atoms with E-state index in [2.05, 4.69) is 17.2 Å². The van der Waals surface area contributed by atoms with Gasteiger partial charge in [0.05, 0.1) is 24.3 Å². The molecule has 9 nitrogen and oxygen atoms in total. The van der Waals surface area contributed by atoms with Crippen molar-refractivity contribution in [1.29, 1.82) is 0 Å². The first-order valence-electron chi connectivity index (χ1n) is 13.8. The number of anilines is 2. The van der Waals surface area contributed by atoms with Crippen LogP contribution in [0.3, 0.4) is 0 Å². The third-order valence-electron chi connectivity index (χ3n) is 8.32. The number of hydrogen-bond acceptors (Lipinski definition) is 8. The van der Waals surface area contributed by atoms with Crippen LogP contribution in [0.1, 0.15) is 80.5 Å². The average molecular weight is 530 g/mol. The lowest BCUT2D eigenvalue weighted by molar-refractivity contribution is -0.141. The van der Waals surface area contributed by atoms with Crippen molar-refractivity contribution in [3.05, 3.63) is 53.3 Å². The van der Waals surface area contributed by atoms with Crippen LogP contribution in [0.25, 0.3) is 10.8 Å². The van der Waals surface area contributed by atoms with Gasteiger partial charge in [-0.3, -0.25) is 4.79 Å². The number of nitrogens with one attached hydrogen (secondary N) is 1. The molecule has 1 aliphatic carbocycles. The number of fused-ring (bicyclic) bond motifs is 2. The maximum Gasteiger partial charge on any atom is 0.340 e. The molecule has 0 bridgehead atoms. The van der Waals surface area contributed by atoms with Gasteiger partial charge in [-0.1, -0.05) is 19.9 Å². The smallest absolute Gasteiger partial charge is 0.340 e. The lowest BCUT2D eigenvalue weighted by atomic mass is 9.84. The molecule has 2 aliphatic heterocycles. The Labute approximate surface area is 228 Å². The van der Waals surface area contributed by atoms with Gasteiger partial charge in [-0.25, -0.2) is 14.8 Å². The first-order valence-corrected chi connectivity index (χ1v) is 13.8. The molecule has 0 spiro atoms. The number of carbonyl (C=O) groups is 2. The highest BCUT2D eigenvalue weighted by Crippen LogP contribution is 2.39. The molecule has 6 rings (SSSR count). The number of nitrogens with two attached hydrogens (primary N) is 1. The number of cyclic esters (lactones) is 1. The van der Waals surface area contributed by atoms with Crippen LogP contribution >= 0.6 is 0 Å². The third-order valence-corrected chi connectivity index (χ3v) is 8.32. The van der Waals surface area contributed by atoms with E-state index in [1.165, 1.54) is 0 Å². The standard InChI is InChI=1S/C30H35N5O4/c1-5-23(31)19-8-10-24(38-18-14-35(15-18)28(36)17-6-7-17)22-13-32-26(12-21(19)22)33-25-11-9-20-27(34-25)16(2)30(3,4)39-29(20)37/h8-13,16-18,23H,5-7,14-15,31H2,1-4H3,(H,32,33,34)/t16-,23-/m1/s1. The Morgan fingerprint density at radius 2 is 1.97 bits per heavy atom. The zero-order chi connectivity index (χ0) is 27.5. The first-order chi connectivity index (χ1) is 18.6. The third kappa shape index (κ3) is 4.69. The zero-order valence-corrected chi connectivity index (χ0v) is 22.9. The highest BCUT2D eigenvalue weighted by atomic mass is 16.6. The van der Waals surface area contributed by atoms with Crippen molar-refractivity contribution < 1.29 is 19.1 Å². The Bertz CT molecular complexity index is 1460. The Morgan fingerprint density at radius 3 is 2.69 bits per heavy atom. The normalized spacial score (nSPS) is 21.1. The van der Waals surface area contributed by atoms with Gasteiger partial charge in [-0.05, 0) is 68.3 Å². The molecule has 0 unspecified atom stereocenters. The van der Waals surface area contributed by atoms with Gasteiger partial charge in [0.2, 0.25) is 5.91 Å². The van der Waals surface area contributed by atoms with E-state index in [4.69, 9.17) is 20.2 Å². The van der Waals surface area contributed by atoms with Crippen LogP contribution in [0.15, 0.2) is 36.5 Å². The number of pyridine rings is 2. The minimum Gasteiger partial charge on any atom is -0.486 e. The number of amides is 1. The van der Waals surface area contributed by atoms with Crippen LogP contribution < -0.4 is 15.8 Å². The predicted molar refractivity (Wildman–Crippen MR) is 148 cm³/mol. The fourth-order valence-corrected chi connectivity index (χ4v) is 5.30. The van der Waals surface area contributed by atoms with Gasteiger partial charge in [-0.2, -0.15) is 0 Å². The molecule has 2 fully saturated rings. The van der Waals surface area contributed by atoms with Gasteiger partial charge < -0.3 is 25.4 Å². The van der Waals surface area contributed by atoms with E-state index in [1.54, 1.807) is 18.3 Å². The number of benzene rings is 1. The largest absolute Gasteiger partial charge is 0.486 e. The number of likely N-dealkylation sites (tertiary alicyclic amines) is 1. The van der Waals surface area contributed by atoms with Gasteiger partial charge in [0.15, 0.2) is 0 Å². The average Bonchev–Trinajstić information content (AvgIpc) is 3.74. The van der Waals surface area contributed by atoms with E-state index in [-0.39, 0.29) is 35.9 Å². The summed E-state index contributed by atoms with van der Waals surface area (Å²) in [6.45, 7) is 9.11. The molecular weight excluding hydrogens is 494 g/mol. The molecule has 1 saturated carbocycles. The van der Waals surface area contributed by atoms with Gasteiger partial charge in [0.1, 0.15) is 29.1 Å². The predicted octanol–water partition coefficient (Wildman–Crippen LogP) is 4.84. The second-order valence-corrected chi connectivity index (χ2v) is 11.5. The molecule has 3 N–H and O–H groups in total. The molecule has 39 heavy (non-hydrogen) atoms. The Morgan fingerprint density at radius 1 is 1.21 bits per heavy atom. The van der Waals surface area contributed by atoms with Crippen molar-refractivity contribution in [3.63, 3.8) is 0 Å². The summed E-state index contributed by atoms with van der Waals surface area (Å²) in [7, 11) is 0. The van der Waals surface area contributed by atoms with Gasteiger partial charge >= 0.3 is 5.97 Å². The van der Waals surface area contributed by atoms with Crippen molar-refractivity contribution in [2.24, 2.45) is 11.7 Å². The van der Waals surface area contributed by atoms with E-state index in [0.29, 0.717) is 36.0 Å². The highest BCUT2D eigenvalue weighted by Gasteiger charge is 2.41. The molecule has 3 aliphatic rings. The molecular formula is C30H35N5O4. The van der Waals surface area contributed by atoms with E-state index < -0.39 is 5.60 Å². The number of rotatable bonds is 7. The van der Waals surface area contributed by atoms with E-state index in [9.17, 15) is 9.59 Å². The SMILES string of the molecule is CC[C@@H](N)c1ccc(OC2CN(C(=O)C3CC3)C2)c2cnc(Nc3ccc4c(n3)[C@@H](C)C(C)(C)OC4=O)cc12. The van der Waals surface area contributed by atoms with Crippen molar-refractivity contribution >= 4 is 34.3 Å². The molecule has 9 heteroatoms. The monoisotopic (exact) mass is 529 g/mol. The van der Waals surface area contributed by atoms with Crippen molar-refractivity contribution in [3.8, 4) is 5.75 Å². The summed E-state index contributed by atoms with van der Waals surface area (Å²) < 4.78 is 11.9. The summed E-state index contributed by atoms with van der Waals surface area (Å²) in [6, 6.07) is 9.33. The molecule has 1 amide bonds. The molecule has 0 radical (unpaired) electrons. The second kappa shape index (κ2) is 9.48. The van der Waals surface area contributed by atoms with Gasteiger partial charge in [0, 0.05) is 29.5 Å². The molecule has 2 atom stereocenters. The first kappa shape index (κ1) is 25.6. The quantitative estimate of drug-likeness (QED) is 0.418. The summed E-state index contributed by atoms with van der Waals surface area (Å²) >= 11 is 0.